The molecule has 0 radical (unpaired) electrons. The predicted octanol–water partition coefficient (Wildman–Crippen LogP) is 2.24. The van der Waals surface area contributed by atoms with Crippen LogP contribution >= 0.6 is 0 Å². The van der Waals surface area contributed by atoms with E-state index in [9.17, 15) is 15.2 Å². The van der Waals surface area contributed by atoms with Gasteiger partial charge in [-0.25, -0.2) is 0 Å². The molecule has 1 aromatic carbocycles. The molecular weight excluding hydrogens is 244 g/mol. The van der Waals surface area contributed by atoms with E-state index in [2.05, 4.69) is 5.32 Å². The van der Waals surface area contributed by atoms with Crippen molar-refractivity contribution >= 4 is 5.69 Å². The zero-order valence-corrected chi connectivity index (χ0v) is 10.9. The van der Waals surface area contributed by atoms with Gasteiger partial charge in [-0.05, 0) is 18.8 Å². The number of benzene rings is 1. The monoisotopic (exact) mass is 264 g/mol. The van der Waals surface area contributed by atoms with Crippen molar-refractivity contribution in [3.8, 4) is 0 Å². The zero-order chi connectivity index (χ0) is 13.7. The Kier molecular flexibility index (Phi) is 4.87. The molecule has 1 atom stereocenters. The number of para-hydroxylation sites is 1. The van der Waals surface area contributed by atoms with Gasteiger partial charge in [-0.15, -0.1) is 0 Å². The highest BCUT2D eigenvalue weighted by Crippen LogP contribution is 2.27. The number of nitro benzene ring substituents is 1. The van der Waals surface area contributed by atoms with Gasteiger partial charge in [0.25, 0.3) is 5.69 Å². The lowest BCUT2D eigenvalue weighted by Crippen LogP contribution is -2.31. The summed E-state index contributed by atoms with van der Waals surface area (Å²) < 4.78 is 0. The smallest absolute Gasteiger partial charge is 0.273 e. The van der Waals surface area contributed by atoms with Crippen molar-refractivity contribution in [3.63, 3.8) is 0 Å². The second kappa shape index (κ2) is 6.63. The average Bonchev–Trinajstić information content (AvgIpc) is 2.93. The summed E-state index contributed by atoms with van der Waals surface area (Å²) in [6.45, 7) is 0.914. The molecule has 1 aliphatic rings. The molecule has 19 heavy (non-hydrogen) atoms. The minimum atomic E-state index is -0.371. The third-order valence-electron chi connectivity index (χ3n) is 3.80. The van der Waals surface area contributed by atoms with Crippen LogP contribution in [0.15, 0.2) is 24.3 Å². The lowest BCUT2D eigenvalue weighted by molar-refractivity contribution is -0.385. The quantitative estimate of drug-likeness (QED) is 0.610. The second-order valence-electron chi connectivity index (χ2n) is 5.13. The minimum absolute atomic E-state index is 0.130. The summed E-state index contributed by atoms with van der Waals surface area (Å²) in [6, 6.07) is 6.70. The Morgan fingerprint density at radius 2 is 2.05 bits per heavy atom. The minimum Gasteiger partial charge on any atom is -0.392 e. The van der Waals surface area contributed by atoms with Gasteiger partial charge in [0.2, 0.25) is 0 Å². The Morgan fingerprint density at radius 3 is 2.74 bits per heavy atom. The Hall–Kier alpha value is -1.46. The maximum atomic E-state index is 10.9. The second-order valence-corrected chi connectivity index (χ2v) is 5.13. The van der Waals surface area contributed by atoms with Crippen LogP contribution in [0.25, 0.3) is 0 Å². The van der Waals surface area contributed by atoms with E-state index in [4.69, 9.17) is 0 Å². The van der Waals surface area contributed by atoms with Gasteiger partial charge in [0.05, 0.1) is 11.0 Å². The number of nitrogens with one attached hydrogen (secondary N) is 1. The number of aliphatic hydroxyl groups excluding tert-OH is 1. The van der Waals surface area contributed by atoms with Crippen LogP contribution in [-0.2, 0) is 6.54 Å². The molecule has 2 N–H and O–H groups in total. The number of nitrogens with zero attached hydrogens (tertiary/aromatic N) is 1. The van der Waals surface area contributed by atoms with E-state index < -0.39 is 0 Å². The molecule has 2 rings (SSSR count). The van der Waals surface area contributed by atoms with Crippen LogP contribution in [0.2, 0.25) is 0 Å². The first-order chi connectivity index (χ1) is 9.18. The summed E-state index contributed by atoms with van der Waals surface area (Å²) >= 11 is 0. The van der Waals surface area contributed by atoms with Crippen LogP contribution in [0.5, 0.6) is 0 Å². The third-order valence-corrected chi connectivity index (χ3v) is 3.80. The van der Waals surface area contributed by atoms with Crippen LogP contribution in [0.3, 0.4) is 0 Å². The fraction of sp³-hybridized carbons (Fsp3) is 0.571. The molecule has 0 spiro atoms. The summed E-state index contributed by atoms with van der Waals surface area (Å²) in [5, 5.41) is 24.0. The van der Waals surface area contributed by atoms with Crippen molar-refractivity contribution in [2.75, 3.05) is 6.54 Å². The van der Waals surface area contributed by atoms with Crippen molar-refractivity contribution < 1.29 is 10.0 Å². The molecule has 104 valence electrons. The van der Waals surface area contributed by atoms with E-state index in [0.29, 0.717) is 24.6 Å². The van der Waals surface area contributed by atoms with Gasteiger partial charge in [-0.3, -0.25) is 10.1 Å². The molecule has 1 fully saturated rings. The van der Waals surface area contributed by atoms with Gasteiger partial charge >= 0.3 is 0 Å². The number of hydrogen-bond donors (Lipinski definition) is 2. The molecule has 0 aliphatic heterocycles. The van der Waals surface area contributed by atoms with Gasteiger partial charge in [-0.1, -0.05) is 31.0 Å². The Labute approximate surface area is 112 Å². The molecule has 5 nitrogen and oxygen atoms in total. The van der Waals surface area contributed by atoms with Crippen molar-refractivity contribution in [2.24, 2.45) is 5.92 Å². The topological polar surface area (TPSA) is 75.4 Å². The summed E-state index contributed by atoms with van der Waals surface area (Å²) in [5.74, 6) is 0.387. The normalized spacial score (nSPS) is 17.5. The number of aliphatic hydroxyl groups is 1. The van der Waals surface area contributed by atoms with Crippen molar-refractivity contribution in [3.05, 3.63) is 39.9 Å². The van der Waals surface area contributed by atoms with Crippen LogP contribution in [-0.4, -0.2) is 22.7 Å². The first-order valence-corrected chi connectivity index (χ1v) is 6.79. The Morgan fingerprint density at radius 1 is 1.37 bits per heavy atom. The average molecular weight is 264 g/mol. The van der Waals surface area contributed by atoms with Gasteiger partial charge in [0.1, 0.15) is 0 Å². The highest BCUT2D eigenvalue weighted by molar-refractivity contribution is 5.39. The number of nitro groups is 1. The molecule has 0 heterocycles. The van der Waals surface area contributed by atoms with E-state index in [1.165, 1.54) is 18.9 Å². The highest BCUT2D eigenvalue weighted by atomic mass is 16.6. The summed E-state index contributed by atoms with van der Waals surface area (Å²) in [4.78, 5) is 10.5. The summed E-state index contributed by atoms with van der Waals surface area (Å²) in [6.07, 6.45) is 4.24. The SMILES string of the molecule is O=[N+]([O-])c1ccccc1CNCC(O)C1CCCC1. The highest BCUT2D eigenvalue weighted by Gasteiger charge is 2.22. The lowest BCUT2D eigenvalue weighted by Gasteiger charge is -2.18. The first kappa shape index (κ1) is 14.0. The van der Waals surface area contributed by atoms with E-state index in [0.717, 1.165) is 12.8 Å². The molecule has 1 unspecified atom stereocenters. The molecule has 0 saturated heterocycles. The van der Waals surface area contributed by atoms with E-state index in [-0.39, 0.29) is 16.7 Å². The summed E-state index contributed by atoms with van der Waals surface area (Å²) in [7, 11) is 0. The molecule has 5 heteroatoms. The molecule has 1 saturated carbocycles. The van der Waals surface area contributed by atoms with Gasteiger partial charge in [0.15, 0.2) is 0 Å². The Balaban J connectivity index is 1.83. The van der Waals surface area contributed by atoms with Crippen LogP contribution in [0.1, 0.15) is 31.2 Å². The molecule has 1 aliphatic carbocycles. The van der Waals surface area contributed by atoms with Crippen molar-refractivity contribution in [1.29, 1.82) is 0 Å². The lowest BCUT2D eigenvalue weighted by atomic mass is 10.0. The zero-order valence-electron chi connectivity index (χ0n) is 10.9. The van der Waals surface area contributed by atoms with Gasteiger partial charge < -0.3 is 10.4 Å². The van der Waals surface area contributed by atoms with Crippen molar-refractivity contribution in [2.45, 2.75) is 38.3 Å². The van der Waals surface area contributed by atoms with E-state index in [1.54, 1.807) is 18.2 Å². The fourth-order valence-corrected chi connectivity index (χ4v) is 2.70. The van der Waals surface area contributed by atoms with Gasteiger partial charge in [0, 0.05) is 24.7 Å². The van der Waals surface area contributed by atoms with Crippen molar-refractivity contribution in [1.82, 2.24) is 5.32 Å². The maximum Gasteiger partial charge on any atom is 0.273 e. The largest absolute Gasteiger partial charge is 0.392 e. The molecule has 0 amide bonds. The first-order valence-electron chi connectivity index (χ1n) is 6.79. The molecule has 1 aromatic rings. The van der Waals surface area contributed by atoms with Gasteiger partial charge in [-0.2, -0.15) is 0 Å². The Bertz CT molecular complexity index is 430. The van der Waals surface area contributed by atoms with E-state index in [1.807, 2.05) is 0 Å². The maximum absolute atomic E-state index is 10.9. The fourth-order valence-electron chi connectivity index (χ4n) is 2.70. The standard InChI is InChI=1S/C14H20N2O3/c17-14(11-5-1-2-6-11)10-15-9-12-7-3-4-8-13(12)16(18)19/h3-4,7-8,11,14-15,17H,1-2,5-6,9-10H2. The van der Waals surface area contributed by atoms with Crippen LogP contribution in [0, 0.1) is 16.0 Å². The number of hydrogen-bond acceptors (Lipinski definition) is 4. The predicted molar refractivity (Wildman–Crippen MR) is 72.8 cm³/mol. The molecular formula is C14H20N2O3. The molecule has 0 aromatic heterocycles. The molecule has 0 bridgehead atoms. The van der Waals surface area contributed by atoms with Crippen LogP contribution < -0.4 is 5.32 Å². The summed E-state index contributed by atoms with van der Waals surface area (Å²) in [5.41, 5.74) is 0.788. The van der Waals surface area contributed by atoms with E-state index >= 15 is 0 Å². The number of rotatable bonds is 6. The van der Waals surface area contributed by atoms with Crippen LogP contribution in [0.4, 0.5) is 5.69 Å². The third kappa shape index (κ3) is 3.75.